The van der Waals surface area contributed by atoms with E-state index in [0.717, 1.165) is 52.9 Å². The van der Waals surface area contributed by atoms with Gasteiger partial charge in [0.25, 0.3) is 0 Å². The largest absolute Gasteiger partial charge is 0.256 e. The van der Waals surface area contributed by atoms with Crippen molar-refractivity contribution in [1.29, 1.82) is 10.5 Å². The van der Waals surface area contributed by atoms with Crippen LogP contribution < -0.4 is 4.72 Å². The molecule has 0 saturated heterocycles. The first kappa shape index (κ1) is 38.8. The molecule has 0 unspecified atom stereocenters. The monoisotopic (exact) mass is 737 g/mol. The van der Waals surface area contributed by atoms with Crippen molar-refractivity contribution in [2.75, 3.05) is 5.75 Å². The molecule has 1 N–H and O–H groups in total. The molecule has 0 radical (unpaired) electrons. The van der Waals surface area contributed by atoms with E-state index >= 15 is 0 Å². The van der Waals surface area contributed by atoms with E-state index in [9.17, 15) is 18.9 Å². The van der Waals surface area contributed by atoms with Crippen molar-refractivity contribution in [3.63, 3.8) is 0 Å². The fraction of sp³-hybridized carbons (Fsp3) is 0.391. The number of nitrogens with one attached hydrogen (secondary N) is 1. The SMILES string of the molecule is C[C@H]1[C@H](/C=C/c2ccc(-c3ccccc3C#N)cn2)[C@H](C)[C@H](NS(=O)(=O)C[C@@H]2CC[C@H](C)[C@@H](C)[C@@H]2/C=C/c2ccc(-c3ccccc3C#N)cn2)C[C@@H]1C. The molecule has 2 aliphatic carbocycles. The van der Waals surface area contributed by atoms with Crippen molar-refractivity contribution in [3.05, 3.63) is 120 Å². The quantitative estimate of drug-likeness (QED) is 0.173. The molecule has 7 nitrogen and oxygen atoms in total. The van der Waals surface area contributed by atoms with Gasteiger partial charge in [0.15, 0.2) is 0 Å². The summed E-state index contributed by atoms with van der Waals surface area (Å²) in [6, 6.07) is 27.3. The van der Waals surface area contributed by atoms with Crippen LogP contribution in [0.2, 0.25) is 0 Å². The summed E-state index contributed by atoms with van der Waals surface area (Å²) in [5.74, 6) is 2.08. The van der Waals surface area contributed by atoms with E-state index in [4.69, 9.17) is 0 Å². The van der Waals surface area contributed by atoms with Crippen molar-refractivity contribution >= 4 is 22.2 Å². The number of hydrogen-bond donors (Lipinski definition) is 1. The molecule has 8 heteroatoms. The van der Waals surface area contributed by atoms with Gasteiger partial charge in [-0.3, -0.25) is 9.97 Å². The molecular weight excluding hydrogens is 687 g/mol. The van der Waals surface area contributed by atoms with E-state index < -0.39 is 10.0 Å². The van der Waals surface area contributed by atoms with Gasteiger partial charge in [-0.15, -0.1) is 0 Å². The van der Waals surface area contributed by atoms with Gasteiger partial charge in [0.2, 0.25) is 10.0 Å². The zero-order valence-electron chi connectivity index (χ0n) is 31.9. The van der Waals surface area contributed by atoms with Crippen molar-refractivity contribution < 1.29 is 8.42 Å². The van der Waals surface area contributed by atoms with Crippen molar-refractivity contribution in [2.24, 2.45) is 47.3 Å². The number of nitriles is 2. The lowest BCUT2D eigenvalue weighted by atomic mass is 9.66. The van der Waals surface area contributed by atoms with Crippen LogP contribution in [0.4, 0.5) is 0 Å². The fourth-order valence-corrected chi connectivity index (χ4v) is 10.5. The topological polar surface area (TPSA) is 120 Å². The van der Waals surface area contributed by atoms with Crippen LogP contribution in [0.3, 0.4) is 0 Å². The van der Waals surface area contributed by atoms with Crippen LogP contribution in [0.25, 0.3) is 34.4 Å². The van der Waals surface area contributed by atoms with Gasteiger partial charge in [-0.2, -0.15) is 10.5 Å². The number of aromatic nitrogens is 2. The molecule has 0 spiro atoms. The number of allylic oxidation sites excluding steroid dienone is 2. The zero-order valence-corrected chi connectivity index (χ0v) is 32.7. The third-order valence-corrected chi connectivity index (χ3v) is 14.0. The van der Waals surface area contributed by atoms with E-state index in [1.54, 1.807) is 6.20 Å². The Hall–Kier alpha value is -4.89. The molecule has 2 aromatic heterocycles. The van der Waals surface area contributed by atoms with E-state index in [2.05, 4.69) is 79.7 Å². The lowest BCUT2D eigenvalue weighted by Crippen LogP contribution is -2.50. The summed E-state index contributed by atoms with van der Waals surface area (Å²) in [7, 11) is -3.57. The molecule has 2 aromatic carbocycles. The molecule has 2 aliphatic rings. The van der Waals surface area contributed by atoms with Gasteiger partial charge in [-0.25, -0.2) is 13.1 Å². The smallest absolute Gasteiger partial charge is 0.212 e. The number of sulfonamides is 1. The highest BCUT2D eigenvalue weighted by Gasteiger charge is 2.41. The predicted molar refractivity (Wildman–Crippen MR) is 218 cm³/mol. The number of hydrogen-bond acceptors (Lipinski definition) is 6. The summed E-state index contributed by atoms with van der Waals surface area (Å²) >= 11 is 0. The highest BCUT2D eigenvalue weighted by molar-refractivity contribution is 7.89. The minimum absolute atomic E-state index is 0.00633. The van der Waals surface area contributed by atoms with E-state index in [1.165, 1.54) is 0 Å². The summed E-state index contributed by atoms with van der Waals surface area (Å²) in [4.78, 5) is 9.35. The second-order valence-corrected chi connectivity index (χ2v) is 17.5. The highest BCUT2D eigenvalue weighted by Crippen LogP contribution is 2.42. The van der Waals surface area contributed by atoms with E-state index in [-0.39, 0.29) is 35.5 Å². The Morgan fingerprint density at radius 1 is 0.685 bits per heavy atom. The molecule has 6 rings (SSSR count). The second-order valence-electron chi connectivity index (χ2n) is 15.7. The van der Waals surface area contributed by atoms with Gasteiger partial charge in [0, 0.05) is 40.7 Å². The van der Waals surface area contributed by atoms with Crippen molar-refractivity contribution in [2.45, 2.75) is 59.9 Å². The first-order chi connectivity index (χ1) is 26.0. The number of pyridine rings is 2. The van der Waals surface area contributed by atoms with Crippen LogP contribution in [0, 0.1) is 70.0 Å². The van der Waals surface area contributed by atoms with Gasteiger partial charge in [0.1, 0.15) is 0 Å². The van der Waals surface area contributed by atoms with Crippen LogP contribution in [0.15, 0.2) is 97.3 Å². The molecule has 0 aliphatic heterocycles. The summed E-state index contributed by atoms with van der Waals surface area (Å²) in [6.45, 7) is 11.2. The minimum atomic E-state index is -3.57. The Balaban J connectivity index is 1.13. The summed E-state index contributed by atoms with van der Waals surface area (Å²) in [6.07, 6.45) is 14.8. The van der Waals surface area contributed by atoms with Crippen LogP contribution >= 0.6 is 0 Å². The van der Waals surface area contributed by atoms with Crippen LogP contribution in [0.1, 0.15) is 76.4 Å². The average Bonchev–Trinajstić information content (AvgIpc) is 3.18. The first-order valence-electron chi connectivity index (χ1n) is 19.3. The molecular formula is C46H51N5O2S. The van der Waals surface area contributed by atoms with Gasteiger partial charge in [-0.1, -0.05) is 102 Å². The Morgan fingerprint density at radius 3 is 1.72 bits per heavy atom. The van der Waals surface area contributed by atoms with Crippen molar-refractivity contribution in [1.82, 2.24) is 14.7 Å². The molecule has 2 heterocycles. The molecule has 54 heavy (non-hydrogen) atoms. The maximum atomic E-state index is 14.0. The fourth-order valence-electron chi connectivity index (χ4n) is 8.70. The molecule has 0 bridgehead atoms. The van der Waals surface area contributed by atoms with E-state index in [0.29, 0.717) is 34.8 Å². The van der Waals surface area contributed by atoms with Gasteiger partial charge >= 0.3 is 0 Å². The standard InChI is InChI=1S/C46H51N5O2S/c1-30-14-15-39(43(32(30)3)23-21-41-19-17-38(28-50-41)45-13-9-7-11-36(45)26-48)29-54(52,53)51-46-24-31(2)33(4)42(34(46)5)22-20-40-18-16-37(27-49-40)44-12-8-6-10-35(44)25-47/h6-13,16-23,27-28,30-34,39,42-43,46,51H,14-15,24,29H2,1-5H3/b22-20+,23-21+/t30-,31-,32+,33+,34-,39-,42-,43-,46+/m0/s1. The van der Waals surface area contributed by atoms with Gasteiger partial charge < -0.3 is 0 Å². The third-order valence-electron chi connectivity index (χ3n) is 12.4. The Labute approximate surface area is 322 Å². The van der Waals surface area contributed by atoms with Gasteiger partial charge in [0.05, 0.1) is 40.4 Å². The van der Waals surface area contributed by atoms with Crippen molar-refractivity contribution in [3.8, 4) is 34.4 Å². The summed E-state index contributed by atoms with van der Waals surface area (Å²) in [5, 5.41) is 19.0. The number of nitrogens with zero attached hydrogens (tertiary/aromatic N) is 4. The minimum Gasteiger partial charge on any atom is -0.256 e. The summed E-state index contributed by atoms with van der Waals surface area (Å²) in [5.41, 5.74) is 6.39. The van der Waals surface area contributed by atoms with Crippen LogP contribution in [-0.2, 0) is 10.0 Å². The molecule has 9 atom stereocenters. The first-order valence-corrected chi connectivity index (χ1v) is 20.9. The lowest BCUT2D eigenvalue weighted by molar-refractivity contribution is 0.127. The highest BCUT2D eigenvalue weighted by atomic mass is 32.2. The second kappa shape index (κ2) is 17.1. The predicted octanol–water partition coefficient (Wildman–Crippen LogP) is 9.80. The average molecular weight is 738 g/mol. The summed E-state index contributed by atoms with van der Waals surface area (Å²) < 4.78 is 31.2. The Morgan fingerprint density at radius 2 is 1.20 bits per heavy atom. The number of benzene rings is 2. The van der Waals surface area contributed by atoms with Crippen LogP contribution in [0.5, 0.6) is 0 Å². The maximum absolute atomic E-state index is 14.0. The lowest BCUT2D eigenvalue weighted by Gasteiger charge is -2.43. The molecule has 2 fully saturated rings. The van der Waals surface area contributed by atoms with Gasteiger partial charge in [-0.05, 0) is 96.6 Å². The number of rotatable bonds is 10. The van der Waals surface area contributed by atoms with E-state index in [1.807, 2.05) is 85.1 Å². The zero-order chi connectivity index (χ0) is 38.4. The Bertz CT molecular complexity index is 2160. The Kier molecular flexibility index (Phi) is 12.3. The maximum Gasteiger partial charge on any atom is 0.212 e. The molecule has 0 amide bonds. The normalized spacial score (nSPS) is 27.4. The molecule has 2 saturated carbocycles. The third kappa shape index (κ3) is 8.90. The molecule has 4 aromatic rings. The molecule has 278 valence electrons. The van der Waals surface area contributed by atoms with Crippen LogP contribution in [-0.4, -0.2) is 30.2 Å².